The molecule has 1 atom stereocenters. The zero-order valence-corrected chi connectivity index (χ0v) is 12.1. The first kappa shape index (κ1) is 14.9. The third kappa shape index (κ3) is 3.75. The zero-order chi connectivity index (χ0) is 15.4. The minimum Gasteiger partial charge on any atom is -0.467 e. The van der Waals surface area contributed by atoms with Crippen molar-refractivity contribution in [1.29, 1.82) is 0 Å². The molecule has 2 rings (SSSR count). The summed E-state index contributed by atoms with van der Waals surface area (Å²) in [7, 11) is 0. The number of ether oxygens (including phenoxy) is 1. The summed E-state index contributed by atoms with van der Waals surface area (Å²) in [5.74, 6) is 0.751. The van der Waals surface area contributed by atoms with Crippen LogP contribution in [0.1, 0.15) is 34.6 Å². The number of aryl methyl sites for hydroxylation is 2. The molecule has 0 saturated carbocycles. The van der Waals surface area contributed by atoms with Crippen molar-refractivity contribution in [1.82, 2.24) is 5.32 Å². The highest BCUT2D eigenvalue weighted by Gasteiger charge is 2.21. The Morgan fingerprint density at radius 2 is 2.14 bits per heavy atom. The minimum absolute atomic E-state index is 0.248. The van der Waals surface area contributed by atoms with Crippen LogP contribution < -0.4 is 5.32 Å². The van der Waals surface area contributed by atoms with E-state index in [1.807, 2.05) is 0 Å². The molecule has 2 aromatic rings. The summed E-state index contributed by atoms with van der Waals surface area (Å²) in [6.07, 6.45) is 0.622. The Morgan fingerprint density at radius 3 is 2.71 bits per heavy atom. The van der Waals surface area contributed by atoms with Gasteiger partial charge in [0.25, 0.3) is 5.91 Å². The molecule has 0 bridgehead atoms. The molecule has 112 valence electrons. The van der Waals surface area contributed by atoms with Gasteiger partial charge in [-0.15, -0.1) is 0 Å². The van der Waals surface area contributed by atoms with Crippen molar-refractivity contribution in [3.63, 3.8) is 0 Å². The topological polar surface area (TPSA) is 81.7 Å². The van der Waals surface area contributed by atoms with Crippen molar-refractivity contribution < 1.29 is 23.2 Å². The first-order chi connectivity index (χ1) is 9.97. The van der Waals surface area contributed by atoms with Gasteiger partial charge in [-0.3, -0.25) is 4.79 Å². The fourth-order valence-electron chi connectivity index (χ4n) is 1.84. The third-order valence-electron chi connectivity index (χ3n) is 2.93. The fraction of sp³-hybridized carbons (Fsp3) is 0.333. The lowest BCUT2D eigenvalue weighted by molar-refractivity contribution is -0.129. The first-order valence-electron chi connectivity index (χ1n) is 6.55. The Hall–Kier alpha value is -2.50. The number of furan rings is 2. The van der Waals surface area contributed by atoms with Crippen LogP contribution >= 0.6 is 0 Å². The number of esters is 1. The van der Waals surface area contributed by atoms with Gasteiger partial charge in [-0.2, -0.15) is 0 Å². The van der Waals surface area contributed by atoms with Gasteiger partial charge in [0.1, 0.15) is 22.8 Å². The molecule has 0 aliphatic rings. The van der Waals surface area contributed by atoms with Crippen LogP contribution in [0.4, 0.5) is 0 Å². The van der Waals surface area contributed by atoms with Gasteiger partial charge in [0, 0.05) is 0 Å². The maximum Gasteiger partial charge on any atom is 0.342 e. The number of carbonyl (C=O) groups excluding carboxylic acids is 2. The van der Waals surface area contributed by atoms with Crippen molar-refractivity contribution in [2.45, 2.75) is 33.4 Å². The van der Waals surface area contributed by atoms with Crippen molar-refractivity contribution in [3.05, 3.63) is 47.3 Å². The summed E-state index contributed by atoms with van der Waals surface area (Å²) in [4.78, 5) is 23.8. The lowest BCUT2D eigenvalue weighted by Gasteiger charge is -2.12. The van der Waals surface area contributed by atoms with Gasteiger partial charge in [-0.05, 0) is 39.0 Å². The second-order valence-corrected chi connectivity index (χ2v) is 4.67. The molecule has 0 unspecified atom stereocenters. The second-order valence-electron chi connectivity index (χ2n) is 4.67. The van der Waals surface area contributed by atoms with E-state index in [0.29, 0.717) is 22.8 Å². The molecular weight excluding hydrogens is 274 g/mol. The van der Waals surface area contributed by atoms with Gasteiger partial charge in [-0.1, -0.05) is 0 Å². The van der Waals surface area contributed by atoms with Crippen LogP contribution in [0.2, 0.25) is 0 Å². The molecular formula is C15H17NO5. The zero-order valence-electron chi connectivity index (χ0n) is 12.1. The normalized spacial score (nSPS) is 12.0. The van der Waals surface area contributed by atoms with Crippen LogP contribution in [-0.2, 0) is 16.1 Å². The molecule has 2 aromatic heterocycles. The smallest absolute Gasteiger partial charge is 0.342 e. The van der Waals surface area contributed by atoms with E-state index in [0.717, 1.165) is 0 Å². The fourth-order valence-corrected chi connectivity index (χ4v) is 1.84. The average Bonchev–Trinajstić information content (AvgIpc) is 3.05. The Bertz CT molecular complexity index is 627. The Balaban J connectivity index is 1.88. The molecule has 0 aromatic carbocycles. The lowest BCUT2D eigenvalue weighted by Crippen LogP contribution is -2.35. The van der Waals surface area contributed by atoms with Gasteiger partial charge in [0.2, 0.25) is 0 Å². The number of hydrogen-bond acceptors (Lipinski definition) is 5. The molecule has 1 amide bonds. The minimum atomic E-state index is -0.901. The molecule has 0 saturated heterocycles. The van der Waals surface area contributed by atoms with Crippen LogP contribution in [0.25, 0.3) is 0 Å². The predicted octanol–water partition coefficient (Wildman–Crippen LogP) is 2.35. The number of amides is 1. The van der Waals surface area contributed by atoms with E-state index >= 15 is 0 Å². The van der Waals surface area contributed by atoms with Crippen LogP contribution in [0.15, 0.2) is 33.3 Å². The summed E-state index contributed by atoms with van der Waals surface area (Å²) in [6.45, 7) is 5.17. The monoisotopic (exact) mass is 291 g/mol. The molecule has 6 nitrogen and oxygen atoms in total. The van der Waals surface area contributed by atoms with E-state index in [1.165, 1.54) is 13.2 Å². The highest BCUT2D eigenvalue weighted by atomic mass is 16.5. The summed E-state index contributed by atoms with van der Waals surface area (Å²) in [6, 6.07) is 5.06. The third-order valence-corrected chi connectivity index (χ3v) is 2.93. The summed E-state index contributed by atoms with van der Waals surface area (Å²) < 4.78 is 15.5. The molecule has 0 fully saturated rings. The van der Waals surface area contributed by atoms with Crippen molar-refractivity contribution in [2.75, 3.05) is 0 Å². The number of nitrogens with one attached hydrogen (secondary N) is 1. The van der Waals surface area contributed by atoms with E-state index in [-0.39, 0.29) is 6.54 Å². The molecule has 0 aliphatic heterocycles. The van der Waals surface area contributed by atoms with Gasteiger partial charge >= 0.3 is 5.97 Å². The molecule has 2 heterocycles. The van der Waals surface area contributed by atoms with E-state index in [9.17, 15) is 9.59 Å². The summed E-state index contributed by atoms with van der Waals surface area (Å²) >= 11 is 0. The van der Waals surface area contributed by atoms with Crippen LogP contribution in [-0.4, -0.2) is 18.0 Å². The summed E-state index contributed by atoms with van der Waals surface area (Å²) in [5, 5.41) is 2.63. The van der Waals surface area contributed by atoms with Crippen LogP contribution in [0.5, 0.6) is 0 Å². The molecule has 0 spiro atoms. The van der Waals surface area contributed by atoms with Gasteiger partial charge in [0.05, 0.1) is 12.8 Å². The van der Waals surface area contributed by atoms with Crippen LogP contribution in [0.3, 0.4) is 0 Å². The van der Waals surface area contributed by atoms with E-state index in [4.69, 9.17) is 13.6 Å². The average molecular weight is 291 g/mol. The van der Waals surface area contributed by atoms with Crippen LogP contribution in [0, 0.1) is 13.8 Å². The second kappa shape index (κ2) is 6.30. The van der Waals surface area contributed by atoms with Crippen molar-refractivity contribution in [2.24, 2.45) is 0 Å². The molecule has 21 heavy (non-hydrogen) atoms. The van der Waals surface area contributed by atoms with E-state index < -0.39 is 18.0 Å². The number of rotatable bonds is 5. The van der Waals surface area contributed by atoms with Crippen molar-refractivity contribution in [3.8, 4) is 0 Å². The molecule has 0 aliphatic carbocycles. The van der Waals surface area contributed by atoms with E-state index in [1.54, 1.807) is 32.0 Å². The molecule has 6 heteroatoms. The Kier molecular flexibility index (Phi) is 4.47. The first-order valence-corrected chi connectivity index (χ1v) is 6.55. The van der Waals surface area contributed by atoms with Gasteiger partial charge < -0.3 is 18.9 Å². The number of carbonyl (C=O) groups is 2. The number of hydrogen-bond donors (Lipinski definition) is 1. The lowest BCUT2D eigenvalue weighted by atomic mass is 10.2. The van der Waals surface area contributed by atoms with Gasteiger partial charge in [0.15, 0.2) is 6.10 Å². The van der Waals surface area contributed by atoms with E-state index in [2.05, 4.69) is 5.32 Å². The predicted molar refractivity (Wildman–Crippen MR) is 73.6 cm³/mol. The largest absolute Gasteiger partial charge is 0.467 e. The maximum atomic E-state index is 11.9. The highest BCUT2D eigenvalue weighted by molar-refractivity contribution is 5.93. The quantitative estimate of drug-likeness (QED) is 0.855. The Labute approximate surface area is 122 Å². The highest BCUT2D eigenvalue weighted by Crippen LogP contribution is 2.15. The van der Waals surface area contributed by atoms with Crippen molar-refractivity contribution >= 4 is 11.9 Å². The SMILES string of the molecule is Cc1cc(C(=O)O[C@H](C)C(=O)NCc2ccco2)c(C)o1. The standard InChI is InChI=1S/C15H17NO5/c1-9-7-13(10(2)20-9)15(18)21-11(3)14(17)16-8-12-5-4-6-19-12/h4-7,11H,8H2,1-3H3,(H,16,17)/t11-/m1/s1. The Morgan fingerprint density at radius 1 is 1.38 bits per heavy atom. The molecule has 0 radical (unpaired) electrons. The molecule has 1 N–H and O–H groups in total. The van der Waals surface area contributed by atoms with Gasteiger partial charge in [-0.25, -0.2) is 4.79 Å². The maximum absolute atomic E-state index is 11.9. The summed E-state index contributed by atoms with van der Waals surface area (Å²) in [5.41, 5.74) is 0.332.